The molecule has 3 rings (SSSR count). The number of amides is 1. The quantitative estimate of drug-likeness (QED) is 0.279. The van der Waals surface area contributed by atoms with E-state index in [2.05, 4.69) is 25.5 Å². The van der Waals surface area contributed by atoms with Gasteiger partial charge >= 0.3 is 5.97 Å². The molecule has 29 heavy (non-hydrogen) atoms. The Morgan fingerprint density at radius 2 is 1.86 bits per heavy atom. The number of ether oxygens (including phenoxy) is 1. The highest BCUT2D eigenvalue weighted by molar-refractivity contribution is 7.99. The maximum Gasteiger partial charge on any atom is 0.337 e. The van der Waals surface area contributed by atoms with E-state index in [1.165, 1.54) is 25.1 Å². The number of hydrogen-bond acceptors (Lipinski definition) is 7. The van der Waals surface area contributed by atoms with Crippen molar-refractivity contribution in [1.29, 1.82) is 0 Å². The average Bonchev–Trinajstić information content (AvgIpc) is 3.13. The van der Waals surface area contributed by atoms with Crippen LogP contribution in [0.3, 0.4) is 0 Å². The van der Waals surface area contributed by atoms with Crippen LogP contribution in [0.4, 0.5) is 0 Å². The summed E-state index contributed by atoms with van der Waals surface area (Å²) in [6.07, 6.45) is 1.50. The normalized spacial score (nSPS) is 10.8. The summed E-state index contributed by atoms with van der Waals surface area (Å²) in [7, 11) is 1.33. The van der Waals surface area contributed by atoms with Gasteiger partial charge in [-0.05, 0) is 36.8 Å². The van der Waals surface area contributed by atoms with Gasteiger partial charge in [0.05, 0.1) is 24.6 Å². The third kappa shape index (κ3) is 5.29. The molecule has 0 radical (unpaired) electrons. The number of benzene rings is 2. The molecule has 0 aliphatic heterocycles. The van der Waals surface area contributed by atoms with Gasteiger partial charge in [-0.25, -0.2) is 10.2 Å². The van der Waals surface area contributed by atoms with Gasteiger partial charge in [0.15, 0.2) is 5.16 Å². The largest absolute Gasteiger partial charge is 0.465 e. The maximum absolute atomic E-state index is 12.1. The minimum atomic E-state index is -0.405. The van der Waals surface area contributed by atoms with Gasteiger partial charge in [0.1, 0.15) is 5.82 Å². The number of hydrogen-bond donors (Lipinski definition) is 1. The van der Waals surface area contributed by atoms with Crippen LogP contribution in [-0.2, 0) is 9.53 Å². The van der Waals surface area contributed by atoms with Gasteiger partial charge in [0, 0.05) is 5.69 Å². The van der Waals surface area contributed by atoms with E-state index in [0.717, 1.165) is 17.1 Å². The summed E-state index contributed by atoms with van der Waals surface area (Å²) in [5.74, 6) is 0.214. The molecule has 2 aromatic carbocycles. The van der Waals surface area contributed by atoms with Crippen LogP contribution in [0.1, 0.15) is 21.7 Å². The van der Waals surface area contributed by atoms with E-state index in [9.17, 15) is 9.59 Å². The van der Waals surface area contributed by atoms with Crippen LogP contribution in [-0.4, -0.2) is 45.7 Å². The zero-order valence-electron chi connectivity index (χ0n) is 15.9. The lowest BCUT2D eigenvalue weighted by Crippen LogP contribution is -2.20. The molecule has 1 N–H and O–H groups in total. The highest BCUT2D eigenvalue weighted by Gasteiger charge is 2.13. The summed E-state index contributed by atoms with van der Waals surface area (Å²) < 4.78 is 6.54. The maximum atomic E-state index is 12.1. The van der Waals surface area contributed by atoms with Crippen LogP contribution in [0.15, 0.2) is 64.9 Å². The van der Waals surface area contributed by atoms with Crippen LogP contribution in [0, 0.1) is 6.92 Å². The van der Waals surface area contributed by atoms with Crippen LogP contribution in [0.25, 0.3) is 5.69 Å². The number of nitrogens with zero attached hydrogens (tertiary/aromatic N) is 4. The van der Waals surface area contributed by atoms with Crippen LogP contribution >= 0.6 is 11.8 Å². The predicted octanol–water partition coefficient (Wildman–Crippen LogP) is 2.60. The molecule has 0 unspecified atom stereocenters. The Hall–Kier alpha value is -3.46. The van der Waals surface area contributed by atoms with Crippen molar-refractivity contribution in [3.05, 3.63) is 71.5 Å². The zero-order valence-corrected chi connectivity index (χ0v) is 16.7. The number of aromatic nitrogens is 3. The Bertz CT molecular complexity index is 1020. The molecule has 0 atom stereocenters. The smallest absolute Gasteiger partial charge is 0.337 e. The monoisotopic (exact) mass is 409 g/mol. The number of thioether (sulfide) groups is 1. The Labute approximate surface area is 172 Å². The second-order valence-corrected chi connectivity index (χ2v) is 6.84. The molecule has 0 spiro atoms. The minimum absolute atomic E-state index is 0.142. The number of nitrogens with one attached hydrogen (secondary N) is 1. The second-order valence-electron chi connectivity index (χ2n) is 5.90. The fourth-order valence-electron chi connectivity index (χ4n) is 2.48. The minimum Gasteiger partial charge on any atom is -0.465 e. The molecule has 3 aromatic rings. The number of rotatable bonds is 7. The standard InChI is InChI=1S/C20H19N5O3S/c1-14-22-24-20(25(14)17-6-4-3-5-7-17)29-13-18(26)23-21-12-15-8-10-16(11-9-15)19(27)28-2/h3-12H,13H2,1-2H3,(H,23,26)/b21-12-. The van der Waals surface area contributed by atoms with Crippen molar-refractivity contribution in [2.24, 2.45) is 5.10 Å². The first-order valence-electron chi connectivity index (χ1n) is 8.69. The summed E-state index contributed by atoms with van der Waals surface area (Å²) in [5, 5.41) is 12.8. The van der Waals surface area contributed by atoms with Crippen LogP contribution in [0.5, 0.6) is 0 Å². The van der Waals surface area contributed by atoms with Gasteiger partial charge in [0.25, 0.3) is 5.91 Å². The van der Waals surface area contributed by atoms with E-state index in [4.69, 9.17) is 0 Å². The van der Waals surface area contributed by atoms with Crippen LogP contribution in [0.2, 0.25) is 0 Å². The molecule has 1 heterocycles. The number of carbonyl (C=O) groups is 2. The van der Waals surface area contributed by atoms with E-state index in [1.807, 2.05) is 41.8 Å². The summed E-state index contributed by atoms with van der Waals surface area (Å²) in [6, 6.07) is 16.4. The SMILES string of the molecule is COC(=O)c1ccc(/C=N\NC(=O)CSc2nnc(C)n2-c2ccccc2)cc1. The van der Waals surface area contributed by atoms with Gasteiger partial charge in [0.2, 0.25) is 0 Å². The molecule has 0 bridgehead atoms. The van der Waals surface area contributed by atoms with Crippen molar-refractivity contribution in [3.8, 4) is 5.69 Å². The number of methoxy groups -OCH3 is 1. The van der Waals surface area contributed by atoms with Crippen molar-refractivity contribution < 1.29 is 14.3 Å². The molecule has 0 saturated carbocycles. The molecule has 1 aromatic heterocycles. The van der Waals surface area contributed by atoms with Crippen molar-refractivity contribution in [1.82, 2.24) is 20.2 Å². The molecule has 1 amide bonds. The molecule has 0 aliphatic rings. The second kappa shape index (κ2) is 9.65. The van der Waals surface area contributed by atoms with Gasteiger partial charge in [-0.15, -0.1) is 10.2 Å². The average molecular weight is 409 g/mol. The Kier molecular flexibility index (Phi) is 6.75. The summed E-state index contributed by atoms with van der Waals surface area (Å²) in [4.78, 5) is 23.5. The third-order valence-corrected chi connectivity index (χ3v) is 4.81. The number of para-hydroxylation sites is 1. The highest BCUT2D eigenvalue weighted by Crippen LogP contribution is 2.21. The number of aryl methyl sites for hydroxylation is 1. The van der Waals surface area contributed by atoms with Crippen molar-refractivity contribution in [2.75, 3.05) is 12.9 Å². The highest BCUT2D eigenvalue weighted by atomic mass is 32.2. The van der Waals surface area contributed by atoms with E-state index in [0.29, 0.717) is 10.7 Å². The third-order valence-electron chi connectivity index (χ3n) is 3.88. The van der Waals surface area contributed by atoms with Crippen molar-refractivity contribution in [2.45, 2.75) is 12.1 Å². The van der Waals surface area contributed by atoms with Crippen molar-refractivity contribution in [3.63, 3.8) is 0 Å². The van der Waals surface area contributed by atoms with Crippen molar-refractivity contribution >= 4 is 29.9 Å². The van der Waals surface area contributed by atoms with Crippen LogP contribution < -0.4 is 5.43 Å². The lowest BCUT2D eigenvalue weighted by atomic mass is 10.1. The number of hydrazone groups is 1. The first kappa shape index (κ1) is 20.3. The zero-order chi connectivity index (χ0) is 20.6. The van der Waals surface area contributed by atoms with E-state index in [-0.39, 0.29) is 11.7 Å². The lowest BCUT2D eigenvalue weighted by molar-refractivity contribution is -0.118. The van der Waals surface area contributed by atoms with E-state index < -0.39 is 5.97 Å². The van der Waals surface area contributed by atoms with E-state index in [1.54, 1.807) is 24.3 Å². The Balaban J connectivity index is 1.55. The summed E-state index contributed by atoms with van der Waals surface area (Å²) in [5.41, 5.74) is 4.60. The molecular formula is C20H19N5O3S. The topological polar surface area (TPSA) is 98.5 Å². The van der Waals surface area contributed by atoms with E-state index >= 15 is 0 Å². The molecule has 148 valence electrons. The van der Waals surface area contributed by atoms with Gasteiger partial charge < -0.3 is 4.74 Å². The summed E-state index contributed by atoms with van der Waals surface area (Å²) >= 11 is 1.28. The van der Waals surface area contributed by atoms with Gasteiger partial charge in [-0.1, -0.05) is 42.1 Å². The fraction of sp³-hybridized carbons (Fsp3) is 0.150. The summed E-state index contributed by atoms with van der Waals surface area (Å²) in [6.45, 7) is 1.86. The Morgan fingerprint density at radius 3 is 2.55 bits per heavy atom. The molecule has 9 heteroatoms. The first-order valence-corrected chi connectivity index (χ1v) is 9.67. The van der Waals surface area contributed by atoms with Gasteiger partial charge in [-0.2, -0.15) is 5.10 Å². The molecular weight excluding hydrogens is 390 g/mol. The molecule has 0 fully saturated rings. The molecule has 8 nitrogen and oxygen atoms in total. The number of esters is 1. The molecule has 0 saturated heterocycles. The number of carbonyl (C=O) groups excluding carboxylic acids is 2. The predicted molar refractivity (Wildman–Crippen MR) is 110 cm³/mol. The Morgan fingerprint density at radius 1 is 1.14 bits per heavy atom. The van der Waals surface area contributed by atoms with Gasteiger partial charge in [-0.3, -0.25) is 9.36 Å². The molecule has 0 aliphatic carbocycles. The lowest BCUT2D eigenvalue weighted by Gasteiger charge is -2.07. The first-order chi connectivity index (χ1) is 14.1. The fourth-order valence-corrected chi connectivity index (χ4v) is 3.26.